The number of hydrogen-bond donors (Lipinski definition) is 2. The normalized spacial score (nSPS) is 12.1. The number of carboxylic acids is 1. The first-order valence-electron chi connectivity index (χ1n) is 5.58. The molecule has 2 aromatic heterocycles. The van der Waals surface area contributed by atoms with Gasteiger partial charge in [0.1, 0.15) is 10.7 Å². The number of nitrogens with zero attached hydrogens (tertiary/aromatic N) is 1. The number of rotatable bonds is 5. The molecule has 0 aliphatic rings. The van der Waals surface area contributed by atoms with E-state index in [4.69, 9.17) is 5.11 Å². The number of thiophene rings is 1. The van der Waals surface area contributed by atoms with E-state index >= 15 is 0 Å². The van der Waals surface area contributed by atoms with Gasteiger partial charge in [-0.1, -0.05) is 6.07 Å². The summed E-state index contributed by atoms with van der Waals surface area (Å²) < 4.78 is 0. The van der Waals surface area contributed by atoms with Crippen LogP contribution in [0.3, 0.4) is 0 Å². The number of carboxylic acid groups (broad SMARTS) is 1. The van der Waals surface area contributed by atoms with Crippen LogP contribution in [-0.2, 0) is 4.79 Å². The Kier molecular flexibility index (Phi) is 4.28. The van der Waals surface area contributed by atoms with Crippen LogP contribution in [0.25, 0.3) is 9.88 Å². The summed E-state index contributed by atoms with van der Waals surface area (Å²) in [5.74, 6) is -1.28. The molecular formula is C12H12N2O3S2. The highest BCUT2D eigenvalue weighted by Crippen LogP contribution is 2.27. The highest BCUT2D eigenvalue weighted by atomic mass is 32.1. The summed E-state index contributed by atoms with van der Waals surface area (Å²) in [4.78, 5) is 27.7. The number of hydrogen-bond acceptors (Lipinski definition) is 5. The topological polar surface area (TPSA) is 79.3 Å². The summed E-state index contributed by atoms with van der Waals surface area (Å²) in [5, 5.41) is 15.7. The minimum atomic E-state index is -0.939. The maximum atomic E-state index is 11.9. The van der Waals surface area contributed by atoms with Crippen molar-refractivity contribution >= 4 is 34.6 Å². The zero-order valence-electron chi connectivity index (χ0n) is 10.1. The maximum Gasteiger partial charge on any atom is 0.305 e. The minimum absolute atomic E-state index is 0.104. The van der Waals surface area contributed by atoms with E-state index in [-0.39, 0.29) is 12.3 Å². The molecule has 100 valence electrons. The van der Waals surface area contributed by atoms with Gasteiger partial charge in [0.05, 0.1) is 11.3 Å². The minimum Gasteiger partial charge on any atom is -0.481 e. The third kappa shape index (κ3) is 3.62. The fraction of sp³-hybridized carbons (Fsp3) is 0.250. The number of thiazole rings is 1. The Bertz CT molecular complexity index is 578. The van der Waals surface area contributed by atoms with Crippen LogP contribution in [0.15, 0.2) is 22.9 Å². The SMILES string of the molecule is CC(CC(=O)O)NC(=O)c1csc(-c2cccs2)n1. The largest absolute Gasteiger partial charge is 0.481 e. The molecule has 0 aliphatic carbocycles. The third-order valence-corrected chi connectivity index (χ3v) is 4.21. The number of nitrogens with one attached hydrogen (secondary N) is 1. The van der Waals surface area contributed by atoms with Crippen molar-refractivity contribution in [2.24, 2.45) is 0 Å². The third-order valence-electron chi connectivity index (χ3n) is 2.33. The van der Waals surface area contributed by atoms with E-state index in [2.05, 4.69) is 10.3 Å². The molecule has 0 bridgehead atoms. The van der Waals surface area contributed by atoms with E-state index in [9.17, 15) is 9.59 Å². The van der Waals surface area contributed by atoms with Crippen LogP contribution >= 0.6 is 22.7 Å². The molecule has 1 unspecified atom stereocenters. The molecule has 2 aromatic rings. The van der Waals surface area contributed by atoms with Gasteiger partial charge in [-0.05, 0) is 18.4 Å². The lowest BCUT2D eigenvalue weighted by Gasteiger charge is -2.09. The van der Waals surface area contributed by atoms with Crippen molar-refractivity contribution in [1.29, 1.82) is 0 Å². The average Bonchev–Trinajstić information content (AvgIpc) is 2.99. The lowest BCUT2D eigenvalue weighted by atomic mass is 10.2. The molecule has 0 spiro atoms. The Hall–Kier alpha value is -1.73. The number of amides is 1. The van der Waals surface area contributed by atoms with E-state index in [1.165, 1.54) is 11.3 Å². The van der Waals surface area contributed by atoms with E-state index in [0.717, 1.165) is 9.88 Å². The van der Waals surface area contributed by atoms with Crippen molar-refractivity contribution in [3.05, 3.63) is 28.6 Å². The van der Waals surface area contributed by atoms with Crippen LogP contribution in [-0.4, -0.2) is 28.0 Å². The summed E-state index contributed by atoms with van der Waals surface area (Å²) in [6.45, 7) is 1.65. The number of carbonyl (C=O) groups is 2. The van der Waals surface area contributed by atoms with Crippen molar-refractivity contribution in [2.75, 3.05) is 0 Å². The standard InChI is InChI=1S/C12H12N2O3S2/c1-7(5-10(15)16)13-11(17)8-6-19-12(14-8)9-3-2-4-18-9/h2-4,6-7H,5H2,1H3,(H,13,17)(H,15,16). The first kappa shape index (κ1) is 13.7. The van der Waals surface area contributed by atoms with Crippen molar-refractivity contribution in [3.63, 3.8) is 0 Å². The van der Waals surface area contributed by atoms with Crippen LogP contribution in [0.5, 0.6) is 0 Å². The van der Waals surface area contributed by atoms with Gasteiger partial charge >= 0.3 is 5.97 Å². The molecule has 19 heavy (non-hydrogen) atoms. The monoisotopic (exact) mass is 296 g/mol. The van der Waals surface area contributed by atoms with Gasteiger partial charge in [-0.25, -0.2) is 4.98 Å². The first-order chi connectivity index (χ1) is 9.06. The summed E-state index contributed by atoms with van der Waals surface area (Å²) in [7, 11) is 0. The second-order valence-electron chi connectivity index (χ2n) is 3.99. The van der Waals surface area contributed by atoms with Crippen LogP contribution in [0, 0.1) is 0 Å². The summed E-state index contributed by atoms with van der Waals surface area (Å²) in [5.41, 5.74) is 0.325. The zero-order chi connectivity index (χ0) is 13.8. The lowest BCUT2D eigenvalue weighted by Crippen LogP contribution is -2.34. The van der Waals surface area contributed by atoms with Gasteiger partial charge < -0.3 is 10.4 Å². The molecule has 0 fully saturated rings. The van der Waals surface area contributed by atoms with Crippen molar-refractivity contribution in [1.82, 2.24) is 10.3 Å². The smallest absolute Gasteiger partial charge is 0.305 e. The molecule has 0 aromatic carbocycles. The molecule has 0 saturated carbocycles. The molecule has 0 radical (unpaired) electrons. The Morgan fingerprint density at radius 2 is 2.26 bits per heavy atom. The second kappa shape index (κ2) is 5.94. The molecular weight excluding hydrogens is 284 g/mol. The molecule has 2 N–H and O–H groups in total. The molecule has 2 rings (SSSR count). The highest BCUT2D eigenvalue weighted by Gasteiger charge is 2.16. The van der Waals surface area contributed by atoms with Crippen LogP contribution < -0.4 is 5.32 Å². The number of aliphatic carboxylic acids is 1. The van der Waals surface area contributed by atoms with Gasteiger partial charge in [0, 0.05) is 11.4 Å². The van der Waals surface area contributed by atoms with Crippen LogP contribution in [0.1, 0.15) is 23.8 Å². The zero-order valence-corrected chi connectivity index (χ0v) is 11.8. The van der Waals surface area contributed by atoms with Crippen LogP contribution in [0.4, 0.5) is 0 Å². The quantitative estimate of drug-likeness (QED) is 0.888. The second-order valence-corrected chi connectivity index (χ2v) is 5.79. The molecule has 5 nitrogen and oxygen atoms in total. The van der Waals surface area contributed by atoms with Gasteiger partial charge in [-0.15, -0.1) is 22.7 Å². The molecule has 1 amide bonds. The van der Waals surface area contributed by atoms with E-state index < -0.39 is 12.0 Å². The Labute approximate surface area is 117 Å². The average molecular weight is 296 g/mol. The van der Waals surface area contributed by atoms with Crippen molar-refractivity contribution < 1.29 is 14.7 Å². The summed E-state index contributed by atoms with van der Waals surface area (Å²) >= 11 is 2.96. The maximum absolute atomic E-state index is 11.9. The molecule has 1 atom stereocenters. The van der Waals surface area contributed by atoms with E-state index in [0.29, 0.717) is 5.69 Å². The summed E-state index contributed by atoms with van der Waals surface area (Å²) in [6, 6.07) is 3.45. The van der Waals surface area contributed by atoms with E-state index in [1.807, 2.05) is 17.5 Å². The Morgan fingerprint density at radius 1 is 1.47 bits per heavy atom. The predicted molar refractivity (Wildman–Crippen MR) is 74.6 cm³/mol. The molecule has 2 heterocycles. The fourth-order valence-corrected chi connectivity index (χ4v) is 3.12. The van der Waals surface area contributed by atoms with Gasteiger partial charge in [-0.3, -0.25) is 9.59 Å². The fourth-order valence-electron chi connectivity index (χ4n) is 1.50. The van der Waals surface area contributed by atoms with E-state index in [1.54, 1.807) is 23.6 Å². The Morgan fingerprint density at radius 3 is 2.89 bits per heavy atom. The number of aromatic nitrogens is 1. The van der Waals surface area contributed by atoms with Gasteiger partial charge in [0.25, 0.3) is 5.91 Å². The molecule has 0 aliphatic heterocycles. The molecule has 0 saturated heterocycles. The van der Waals surface area contributed by atoms with Crippen LogP contribution in [0.2, 0.25) is 0 Å². The number of carbonyl (C=O) groups excluding carboxylic acids is 1. The van der Waals surface area contributed by atoms with Crippen molar-refractivity contribution in [2.45, 2.75) is 19.4 Å². The van der Waals surface area contributed by atoms with Crippen molar-refractivity contribution in [3.8, 4) is 9.88 Å². The lowest BCUT2D eigenvalue weighted by molar-refractivity contribution is -0.137. The summed E-state index contributed by atoms with van der Waals surface area (Å²) in [6.07, 6.45) is -0.104. The first-order valence-corrected chi connectivity index (χ1v) is 7.34. The van der Waals surface area contributed by atoms with Gasteiger partial charge in [0.2, 0.25) is 0 Å². The van der Waals surface area contributed by atoms with Gasteiger partial charge in [0.15, 0.2) is 0 Å². The van der Waals surface area contributed by atoms with Gasteiger partial charge in [-0.2, -0.15) is 0 Å². The predicted octanol–water partition coefficient (Wildman–Crippen LogP) is 2.46. The highest BCUT2D eigenvalue weighted by molar-refractivity contribution is 7.20. The Balaban J connectivity index is 2.02. The molecule has 7 heteroatoms.